The first kappa shape index (κ1) is 18.9. The van der Waals surface area contributed by atoms with E-state index in [1.807, 2.05) is 0 Å². The van der Waals surface area contributed by atoms with E-state index in [-0.39, 0.29) is 12.8 Å². The zero-order chi connectivity index (χ0) is 18.1. The Morgan fingerprint density at radius 2 is 1.04 bits per heavy atom. The van der Waals surface area contributed by atoms with Gasteiger partial charge in [-0.3, -0.25) is 9.13 Å². The van der Waals surface area contributed by atoms with Gasteiger partial charge in [-0.2, -0.15) is 0 Å². The molecule has 0 fully saturated rings. The fourth-order valence-corrected chi connectivity index (χ4v) is 3.54. The standard InChI is InChI=1S/C14H14F2O6P2/c15-11-5-3-9(7-13(11)23(17,18)19)1-2-10-4-6-12(16)14(8-10)24(20,21)22/h3-8H,1-2H2,(H2,17,18,19)(H2,20,21,22). The van der Waals surface area contributed by atoms with Gasteiger partial charge in [0.15, 0.2) is 0 Å². The molecule has 0 radical (unpaired) electrons. The van der Waals surface area contributed by atoms with Gasteiger partial charge in [0.2, 0.25) is 0 Å². The van der Waals surface area contributed by atoms with Gasteiger partial charge in [-0.1, -0.05) is 12.1 Å². The molecule has 0 unspecified atom stereocenters. The van der Waals surface area contributed by atoms with Gasteiger partial charge >= 0.3 is 15.2 Å². The molecule has 0 spiro atoms. The fraction of sp³-hybridized carbons (Fsp3) is 0.143. The van der Waals surface area contributed by atoms with Crippen molar-refractivity contribution in [1.29, 1.82) is 0 Å². The van der Waals surface area contributed by atoms with E-state index < -0.39 is 37.4 Å². The summed E-state index contributed by atoms with van der Waals surface area (Å²) < 4.78 is 49.3. The lowest BCUT2D eigenvalue weighted by molar-refractivity contribution is 0.383. The molecule has 0 aliphatic heterocycles. The largest absolute Gasteiger partial charge is 0.359 e. The first-order valence-electron chi connectivity index (χ1n) is 6.67. The van der Waals surface area contributed by atoms with Gasteiger partial charge < -0.3 is 19.6 Å². The molecule has 0 saturated heterocycles. The van der Waals surface area contributed by atoms with Crippen LogP contribution in [0.3, 0.4) is 0 Å². The second-order valence-electron chi connectivity index (χ2n) is 5.16. The molecule has 130 valence electrons. The molecule has 0 aliphatic rings. The molecule has 0 saturated carbocycles. The maximum Gasteiger partial charge on any atom is 0.359 e. The van der Waals surface area contributed by atoms with E-state index in [0.717, 1.165) is 24.3 Å². The molecule has 0 aliphatic carbocycles. The van der Waals surface area contributed by atoms with Gasteiger partial charge in [0.05, 0.1) is 10.6 Å². The zero-order valence-electron chi connectivity index (χ0n) is 12.1. The molecule has 0 aromatic heterocycles. The normalized spacial score (nSPS) is 12.4. The Bertz CT molecular complexity index is 787. The van der Waals surface area contributed by atoms with E-state index in [9.17, 15) is 17.9 Å². The molecule has 10 heteroatoms. The van der Waals surface area contributed by atoms with Crippen molar-refractivity contribution >= 4 is 25.8 Å². The minimum absolute atomic E-state index is 0.222. The summed E-state index contributed by atoms with van der Waals surface area (Å²) in [7, 11) is -9.48. The number of rotatable bonds is 5. The Balaban J connectivity index is 2.23. The van der Waals surface area contributed by atoms with Crippen LogP contribution in [-0.4, -0.2) is 19.6 Å². The summed E-state index contributed by atoms with van der Waals surface area (Å²) in [6, 6.07) is 6.67. The third-order valence-electron chi connectivity index (χ3n) is 3.35. The van der Waals surface area contributed by atoms with Crippen LogP contribution in [0.2, 0.25) is 0 Å². The van der Waals surface area contributed by atoms with Gasteiger partial charge in [0.25, 0.3) is 0 Å². The van der Waals surface area contributed by atoms with E-state index in [1.54, 1.807) is 0 Å². The molecule has 6 nitrogen and oxygen atoms in total. The monoisotopic (exact) mass is 378 g/mol. The van der Waals surface area contributed by atoms with Crippen molar-refractivity contribution in [3.8, 4) is 0 Å². The molecule has 2 rings (SSSR count). The number of benzene rings is 2. The summed E-state index contributed by atoms with van der Waals surface area (Å²) in [5.74, 6) is -2.03. The predicted molar refractivity (Wildman–Crippen MR) is 83.6 cm³/mol. The minimum atomic E-state index is -4.74. The summed E-state index contributed by atoms with van der Waals surface area (Å²) in [4.78, 5) is 36.3. The minimum Gasteiger partial charge on any atom is -0.321 e. The van der Waals surface area contributed by atoms with Crippen LogP contribution in [0, 0.1) is 11.6 Å². The lowest BCUT2D eigenvalue weighted by Gasteiger charge is -2.10. The summed E-state index contributed by atoms with van der Waals surface area (Å²) in [6.07, 6.45) is 0.443. The number of halogens is 2. The van der Waals surface area contributed by atoms with Crippen molar-refractivity contribution in [2.75, 3.05) is 0 Å². The first-order valence-corrected chi connectivity index (χ1v) is 9.90. The van der Waals surface area contributed by atoms with Gasteiger partial charge in [-0.15, -0.1) is 0 Å². The predicted octanol–water partition coefficient (Wildman–Crippen LogP) is 1.36. The molecular weight excluding hydrogens is 364 g/mol. The molecular formula is C14H14F2O6P2. The number of hydrogen-bond acceptors (Lipinski definition) is 2. The van der Waals surface area contributed by atoms with Crippen LogP contribution in [0.15, 0.2) is 36.4 Å². The molecule has 0 bridgehead atoms. The van der Waals surface area contributed by atoms with Crippen molar-refractivity contribution < 1.29 is 37.5 Å². The summed E-state index contributed by atoms with van der Waals surface area (Å²) in [5, 5.41) is -1.43. The van der Waals surface area contributed by atoms with Crippen LogP contribution in [0.4, 0.5) is 8.78 Å². The maximum atomic E-state index is 13.4. The Hall–Kier alpha value is -1.40. The highest BCUT2D eigenvalue weighted by Gasteiger charge is 2.23. The molecule has 2 aromatic carbocycles. The zero-order valence-corrected chi connectivity index (χ0v) is 13.9. The maximum absolute atomic E-state index is 13.4. The Labute approximate surface area is 136 Å². The molecule has 0 heterocycles. The topological polar surface area (TPSA) is 115 Å². The molecule has 2 aromatic rings. The van der Waals surface area contributed by atoms with Crippen LogP contribution in [0.1, 0.15) is 11.1 Å². The SMILES string of the molecule is O=P(O)(O)c1cc(CCc2ccc(F)c(P(=O)(O)O)c2)ccc1F. The quantitative estimate of drug-likeness (QED) is 0.584. The van der Waals surface area contributed by atoms with E-state index in [0.29, 0.717) is 11.1 Å². The Morgan fingerprint density at radius 1 is 0.708 bits per heavy atom. The number of hydrogen-bond donors (Lipinski definition) is 4. The van der Waals surface area contributed by atoms with Crippen LogP contribution in [-0.2, 0) is 22.0 Å². The summed E-state index contributed by atoms with van der Waals surface area (Å²) in [5.41, 5.74) is 0.855. The summed E-state index contributed by atoms with van der Waals surface area (Å²) >= 11 is 0. The lowest BCUT2D eigenvalue weighted by atomic mass is 10.0. The van der Waals surface area contributed by atoms with Gasteiger partial charge in [0.1, 0.15) is 11.6 Å². The smallest absolute Gasteiger partial charge is 0.321 e. The van der Waals surface area contributed by atoms with E-state index in [4.69, 9.17) is 19.6 Å². The third-order valence-corrected chi connectivity index (χ3v) is 5.29. The van der Waals surface area contributed by atoms with Crippen molar-refractivity contribution in [3.63, 3.8) is 0 Å². The summed E-state index contributed by atoms with van der Waals surface area (Å²) in [6.45, 7) is 0. The highest BCUT2D eigenvalue weighted by molar-refractivity contribution is 7.60. The van der Waals surface area contributed by atoms with E-state index >= 15 is 0 Å². The van der Waals surface area contributed by atoms with Crippen molar-refractivity contribution in [3.05, 3.63) is 59.2 Å². The number of aryl methyl sites for hydroxylation is 2. The van der Waals surface area contributed by atoms with Crippen molar-refractivity contribution in [2.24, 2.45) is 0 Å². The van der Waals surface area contributed by atoms with Crippen LogP contribution in [0.5, 0.6) is 0 Å². The van der Waals surface area contributed by atoms with E-state index in [2.05, 4.69) is 0 Å². The van der Waals surface area contributed by atoms with Gasteiger partial charge in [0, 0.05) is 0 Å². The molecule has 24 heavy (non-hydrogen) atoms. The molecule has 0 amide bonds. The average Bonchev–Trinajstić information content (AvgIpc) is 2.45. The van der Waals surface area contributed by atoms with Gasteiger partial charge in [-0.25, -0.2) is 8.78 Å². The third kappa shape index (κ3) is 4.57. The Kier molecular flexibility index (Phi) is 5.40. The fourth-order valence-electron chi connectivity index (χ4n) is 2.16. The van der Waals surface area contributed by atoms with Gasteiger partial charge in [-0.05, 0) is 48.2 Å². The average molecular weight is 378 g/mol. The molecule has 0 atom stereocenters. The van der Waals surface area contributed by atoms with Crippen molar-refractivity contribution in [1.82, 2.24) is 0 Å². The lowest BCUT2D eigenvalue weighted by Crippen LogP contribution is -2.12. The first-order chi connectivity index (χ1) is 11.0. The highest BCUT2D eigenvalue weighted by Crippen LogP contribution is 2.35. The molecule has 4 N–H and O–H groups in total. The van der Waals surface area contributed by atoms with Crippen LogP contribution in [0.25, 0.3) is 0 Å². The van der Waals surface area contributed by atoms with Crippen LogP contribution < -0.4 is 10.6 Å². The van der Waals surface area contributed by atoms with Crippen molar-refractivity contribution in [2.45, 2.75) is 12.8 Å². The van der Waals surface area contributed by atoms with Crippen LogP contribution >= 0.6 is 15.2 Å². The van der Waals surface area contributed by atoms with E-state index in [1.165, 1.54) is 12.1 Å². The highest BCUT2D eigenvalue weighted by atomic mass is 31.2. The Morgan fingerprint density at radius 3 is 1.33 bits per heavy atom. The second-order valence-corrected chi connectivity index (χ2v) is 8.30. The second kappa shape index (κ2) is 6.84.